The summed E-state index contributed by atoms with van der Waals surface area (Å²) in [7, 11) is -4.20. The van der Waals surface area contributed by atoms with E-state index in [2.05, 4.69) is 19.9 Å². The van der Waals surface area contributed by atoms with Gasteiger partial charge >= 0.3 is 0 Å². The SMILES string of the molecule is O=S(=O)(NCc1nc(C2CCOC2)n[nH]1)c1cccc(F)c1F. The number of benzene rings is 1. The van der Waals surface area contributed by atoms with Crippen molar-refractivity contribution in [1.29, 1.82) is 0 Å². The summed E-state index contributed by atoms with van der Waals surface area (Å²) in [6, 6.07) is 2.96. The Labute approximate surface area is 131 Å². The summed E-state index contributed by atoms with van der Waals surface area (Å²) in [4.78, 5) is 3.44. The predicted molar refractivity (Wildman–Crippen MR) is 74.9 cm³/mol. The molecule has 1 aromatic heterocycles. The van der Waals surface area contributed by atoms with E-state index in [1.165, 1.54) is 0 Å². The Morgan fingerprint density at radius 1 is 1.39 bits per heavy atom. The van der Waals surface area contributed by atoms with Crippen LogP contribution in [0.4, 0.5) is 8.78 Å². The fourth-order valence-corrected chi connectivity index (χ4v) is 3.32. The molecule has 2 heterocycles. The maximum Gasteiger partial charge on any atom is 0.244 e. The van der Waals surface area contributed by atoms with Crippen LogP contribution in [0.25, 0.3) is 0 Å². The summed E-state index contributed by atoms with van der Waals surface area (Å²) >= 11 is 0. The molecule has 0 radical (unpaired) electrons. The molecule has 3 rings (SSSR count). The van der Waals surface area contributed by atoms with Gasteiger partial charge in [-0.1, -0.05) is 6.07 Å². The number of sulfonamides is 1. The topological polar surface area (TPSA) is 97.0 Å². The second kappa shape index (κ2) is 6.30. The van der Waals surface area contributed by atoms with Crippen LogP contribution in [-0.4, -0.2) is 36.8 Å². The van der Waals surface area contributed by atoms with Gasteiger partial charge in [0.2, 0.25) is 10.0 Å². The van der Waals surface area contributed by atoms with E-state index in [1.807, 2.05) is 0 Å². The van der Waals surface area contributed by atoms with Crippen LogP contribution in [-0.2, 0) is 21.3 Å². The first-order valence-electron chi connectivity index (χ1n) is 6.90. The lowest BCUT2D eigenvalue weighted by Gasteiger charge is -2.06. The predicted octanol–water partition coefficient (Wildman–Crippen LogP) is 1.07. The lowest BCUT2D eigenvalue weighted by atomic mass is 10.1. The van der Waals surface area contributed by atoms with Crippen molar-refractivity contribution in [3.63, 3.8) is 0 Å². The lowest BCUT2D eigenvalue weighted by molar-refractivity contribution is 0.193. The van der Waals surface area contributed by atoms with Gasteiger partial charge in [-0.15, -0.1) is 0 Å². The highest BCUT2D eigenvalue weighted by molar-refractivity contribution is 7.89. The Balaban J connectivity index is 1.71. The summed E-state index contributed by atoms with van der Waals surface area (Å²) < 4.78 is 58.2. The van der Waals surface area contributed by atoms with Crippen molar-refractivity contribution in [2.75, 3.05) is 13.2 Å². The molecule has 23 heavy (non-hydrogen) atoms. The van der Waals surface area contributed by atoms with Crippen LogP contribution in [0, 0.1) is 11.6 Å². The minimum Gasteiger partial charge on any atom is -0.381 e. The number of halogens is 2. The monoisotopic (exact) mass is 344 g/mol. The summed E-state index contributed by atoms with van der Waals surface area (Å²) in [5.41, 5.74) is 0. The minimum atomic E-state index is -4.20. The number of H-pyrrole nitrogens is 1. The number of rotatable bonds is 5. The average Bonchev–Trinajstić information content (AvgIpc) is 3.18. The third kappa shape index (κ3) is 3.38. The van der Waals surface area contributed by atoms with Gasteiger partial charge in [-0.2, -0.15) is 5.10 Å². The van der Waals surface area contributed by atoms with Crippen LogP contribution in [0.3, 0.4) is 0 Å². The zero-order valence-electron chi connectivity index (χ0n) is 11.9. The molecule has 0 aliphatic carbocycles. The second-order valence-electron chi connectivity index (χ2n) is 5.08. The average molecular weight is 344 g/mol. The van der Waals surface area contributed by atoms with Gasteiger partial charge in [0, 0.05) is 12.5 Å². The van der Waals surface area contributed by atoms with E-state index >= 15 is 0 Å². The number of aromatic amines is 1. The number of ether oxygens (including phenoxy) is 1. The minimum absolute atomic E-state index is 0.0808. The molecule has 0 amide bonds. The molecule has 2 aromatic rings. The Bertz CT molecular complexity index is 803. The van der Waals surface area contributed by atoms with Crippen LogP contribution >= 0.6 is 0 Å². The van der Waals surface area contributed by atoms with Gasteiger partial charge in [-0.25, -0.2) is 26.9 Å². The molecule has 1 aromatic carbocycles. The maximum absolute atomic E-state index is 13.6. The Morgan fingerprint density at radius 3 is 2.96 bits per heavy atom. The first-order chi connectivity index (χ1) is 11.0. The number of hydrogen-bond acceptors (Lipinski definition) is 5. The molecule has 1 saturated heterocycles. The van der Waals surface area contributed by atoms with Gasteiger partial charge in [-0.05, 0) is 18.6 Å². The summed E-state index contributed by atoms with van der Waals surface area (Å²) in [5, 5.41) is 6.64. The zero-order valence-corrected chi connectivity index (χ0v) is 12.7. The molecule has 1 aliphatic rings. The van der Waals surface area contributed by atoms with Crippen molar-refractivity contribution >= 4 is 10.0 Å². The van der Waals surface area contributed by atoms with E-state index in [0.29, 0.717) is 19.0 Å². The van der Waals surface area contributed by atoms with Crippen LogP contribution < -0.4 is 4.72 Å². The third-order valence-corrected chi connectivity index (χ3v) is 4.90. The molecule has 7 nitrogen and oxygen atoms in total. The number of nitrogens with zero attached hydrogens (tertiary/aromatic N) is 2. The highest BCUT2D eigenvalue weighted by Gasteiger charge is 2.24. The first-order valence-corrected chi connectivity index (χ1v) is 8.38. The van der Waals surface area contributed by atoms with Crippen molar-refractivity contribution in [3.8, 4) is 0 Å². The van der Waals surface area contributed by atoms with Crippen LogP contribution in [0.2, 0.25) is 0 Å². The first kappa shape index (κ1) is 16.0. The zero-order chi connectivity index (χ0) is 16.4. The molecule has 1 aliphatic heterocycles. The van der Waals surface area contributed by atoms with Crippen molar-refractivity contribution in [2.45, 2.75) is 23.8 Å². The van der Waals surface area contributed by atoms with E-state index in [4.69, 9.17) is 4.74 Å². The van der Waals surface area contributed by atoms with E-state index < -0.39 is 26.6 Å². The van der Waals surface area contributed by atoms with Crippen molar-refractivity contribution in [2.24, 2.45) is 0 Å². The van der Waals surface area contributed by atoms with E-state index in [0.717, 1.165) is 24.6 Å². The summed E-state index contributed by atoms with van der Waals surface area (Å²) in [6.07, 6.45) is 0.803. The summed E-state index contributed by atoms with van der Waals surface area (Å²) in [5.74, 6) is -1.73. The molecule has 1 unspecified atom stereocenters. The smallest absolute Gasteiger partial charge is 0.244 e. The maximum atomic E-state index is 13.6. The molecule has 1 fully saturated rings. The molecular weight excluding hydrogens is 330 g/mol. The fraction of sp³-hybridized carbons (Fsp3) is 0.385. The van der Waals surface area contributed by atoms with Gasteiger partial charge in [0.25, 0.3) is 0 Å². The lowest BCUT2D eigenvalue weighted by Crippen LogP contribution is -2.25. The second-order valence-corrected chi connectivity index (χ2v) is 6.81. The fourth-order valence-electron chi connectivity index (χ4n) is 2.24. The van der Waals surface area contributed by atoms with Crippen molar-refractivity contribution < 1.29 is 21.9 Å². The van der Waals surface area contributed by atoms with Crippen molar-refractivity contribution in [1.82, 2.24) is 19.9 Å². The third-order valence-electron chi connectivity index (χ3n) is 3.48. The van der Waals surface area contributed by atoms with Gasteiger partial charge in [0.05, 0.1) is 13.2 Å². The Morgan fingerprint density at radius 2 is 2.22 bits per heavy atom. The highest BCUT2D eigenvalue weighted by atomic mass is 32.2. The van der Waals surface area contributed by atoms with Crippen LogP contribution in [0.1, 0.15) is 24.0 Å². The van der Waals surface area contributed by atoms with E-state index in [-0.39, 0.29) is 18.3 Å². The van der Waals surface area contributed by atoms with Crippen LogP contribution in [0.5, 0.6) is 0 Å². The quantitative estimate of drug-likeness (QED) is 0.845. The van der Waals surface area contributed by atoms with Gasteiger partial charge in [-0.3, -0.25) is 5.10 Å². The van der Waals surface area contributed by atoms with Crippen LogP contribution in [0.15, 0.2) is 23.1 Å². The normalized spacial score (nSPS) is 18.4. The van der Waals surface area contributed by atoms with Crippen molar-refractivity contribution in [3.05, 3.63) is 41.5 Å². The van der Waals surface area contributed by atoms with E-state index in [1.54, 1.807) is 0 Å². The molecule has 0 saturated carbocycles. The van der Waals surface area contributed by atoms with Gasteiger partial charge in [0.15, 0.2) is 17.5 Å². The standard InChI is InChI=1S/C13H14F2N4O3S/c14-9-2-1-3-10(12(9)15)23(20,21)16-6-11-17-13(19-18-11)8-4-5-22-7-8/h1-3,8,16H,4-7H2,(H,17,18,19). The largest absolute Gasteiger partial charge is 0.381 e. The van der Waals surface area contributed by atoms with E-state index in [9.17, 15) is 17.2 Å². The van der Waals surface area contributed by atoms with Gasteiger partial charge < -0.3 is 4.74 Å². The molecule has 0 bridgehead atoms. The van der Waals surface area contributed by atoms with Gasteiger partial charge in [0.1, 0.15) is 10.7 Å². The molecule has 0 spiro atoms. The number of hydrogen-bond donors (Lipinski definition) is 2. The summed E-state index contributed by atoms with van der Waals surface area (Å²) in [6.45, 7) is 0.955. The molecule has 124 valence electrons. The molecule has 1 atom stereocenters. The molecule has 10 heteroatoms. The Hall–Kier alpha value is -1.91. The number of aromatic nitrogens is 3. The molecular formula is C13H14F2N4O3S. The Kier molecular flexibility index (Phi) is 4.37. The highest BCUT2D eigenvalue weighted by Crippen LogP contribution is 2.22. The number of nitrogens with one attached hydrogen (secondary N) is 2. The molecule has 2 N–H and O–H groups in total.